The number of nitrogens with two attached hydrogens (primary N) is 1. The first-order valence-electron chi connectivity index (χ1n) is 9.91. The molecule has 0 unspecified atom stereocenters. The summed E-state index contributed by atoms with van der Waals surface area (Å²) in [5, 5.41) is 6.03. The molecule has 1 aromatic carbocycles. The lowest BCUT2D eigenvalue weighted by Crippen LogP contribution is -2.34. The number of hydrogen-bond donors (Lipinski definition) is 3. The van der Waals surface area contributed by atoms with E-state index < -0.39 is 0 Å². The summed E-state index contributed by atoms with van der Waals surface area (Å²) in [6.07, 6.45) is 0.809. The maximum absolute atomic E-state index is 12.8. The SMILES string of the molecule is Cc1nc(N)ccc1CNC(=O)Cn1c(C)ccc(NCCc2ccccc2)c1=O. The molecule has 0 aliphatic carbocycles. The van der Waals surface area contributed by atoms with Gasteiger partial charge in [-0.3, -0.25) is 9.59 Å². The number of benzene rings is 1. The van der Waals surface area contributed by atoms with Gasteiger partial charge in [0.25, 0.3) is 5.56 Å². The average molecular weight is 406 g/mol. The van der Waals surface area contributed by atoms with E-state index in [9.17, 15) is 9.59 Å². The molecule has 7 nitrogen and oxygen atoms in total. The van der Waals surface area contributed by atoms with Crippen LogP contribution in [0.4, 0.5) is 11.5 Å². The van der Waals surface area contributed by atoms with Crippen LogP contribution in [-0.2, 0) is 24.3 Å². The number of carbonyl (C=O) groups excluding carboxylic acids is 1. The zero-order chi connectivity index (χ0) is 21.5. The summed E-state index contributed by atoms with van der Waals surface area (Å²) < 4.78 is 1.48. The van der Waals surface area contributed by atoms with Gasteiger partial charge in [-0.15, -0.1) is 0 Å². The van der Waals surface area contributed by atoms with Crippen LogP contribution in [0.25, 0.3) is 0 Å². The van der Waals surface area contributed by atoms with Crippen molar-refractivity contribution in [1.29, 1.82) is 0 Å². The summed E-state index contributed by atoms with van der Waals surface area (Å²) in [5.74, 6) is 0.208. The number of amides is 1. The van der Waals surface area contributed by atoms with Gasteiger partial charge in [0.15, 0.2) is 0 Å². The number of aromatic nitrogens is 2. The van der Waals surface area contributed by atoms with Crippen molar-refractivity contribution < 1.29 is 4.79 Å². The highest BCUT2D eigenvalue weighted by Gasteiger charge is 2.11. The topological polar surface area (TPSA) is 102 Å². The van der Waals surface area contributed by atoms with Crippen LogP contribution in [0.5, 0.6) is 0 Å². The molecule has 0 atom stereocenters. The third-order valence-corrected chi connectivity index (χ3v) is 4.96. The molecule has 30 heavy (non-hydrogen) atoms. The highest BCUT2D eigenvalue weighted by Crippen LogP contribution is 2.08. The summed E-state index contributed by atoms with van der Waals surface area (Å²) in [6.45, 7) is 4.59. The molecule has 2 heterocycles. The average Bonchev–Trinajstić information content (AvgIpc) is 2.73. The number of carbonyl (C=O) groups is 1. The minimum Gasteiger partial charge on any atom is -0.384 e. The summed E-state index contributed by atoms with van der Waals surface area (Å²) in [6, 6.07) is 17.2. The van der Waals surface area contributed by atoms with Crippen molar-refractivity contribution in [3.63, 3.8) is 0 Å². The van der Waals surface area contributed by atoms with E-state index in [0.29, 0.717) is 24.6 Å². The Balaban J connectivity index is 1.61. The normalized spacial score (nSPS) is 10.6. The quantitative estimate of drug-likeness (QED) is 0.534. The molecule has 1 amide bonds. The van der Waals surface area contributed by atoms with Crippen LogP contribution < -0.4 is 21.9 Å². The van der Waals surface area contributed by atoms with Gasteiger partial charge in [0.2, 0.25) is 5.91 Å². The lowest BCUT2D eigenvalue weighted by Gasteiger charge is -2.14. The number of nitrogens with one attached hydrogen (secondary N) is 2. The fourth-order valence-corrected chi connectivity index (χ4v) is 3.18. The van der Waals surface area contributed by atoms with E-state index >= 15 is 0 Å². The van der Waals surface area contributed by atoms with Crippen molar-refractivity contribution >= 4 is 17.4 Å². The molecule has 4 N–H and O–H groups in total. The number of pyridine rings is 2. The molecule has 7 heteroatoms. The largest absolute Gasteiger partial charge is 0.384 e. The number of nitrogens with zero attached hydrogens (tertiary/aromatic N) is 2. The van der Waals surface area contributed by atoms with E-state index in [4.69, 9.17) is 5.73 Å². The fourth-order valence-electron chi connectivity index (χ4n) is 3.18. The third-order valence-electron chi connectivity index (χ3n) is 4.96. The zero-order valence-corrected chi connectivity index (χ0v) is 17.3. The van der Waals surface area contributed by atoms with Crippen molar-refractivity contribution in [2.45, 2.75) is 33.4 Å². The molecule has 0 fully saturated rings. The van der Waals surface area contributed by atoms with Gasteiger partial charge in [-0.2, -0.15) is 0 Å². The summed E-state index contributed by atoms with van der Waals surface area (Å²) >= 11 is 0. The summed E-state index contributed by atoms with van der Waals surface area (Å²) in [4.78, 5) is 29.5. The van der Waals surface area contributed by atoms with Gasteiger partial charge < -0.3 is 20.9 Å². The maximum atomic E-state index is 12.8. The standard InChI is InChI=1S/C23H27N5O2/c1-16-8-10-20(25-13-12-18-6-4-3-5-7-18)23(30)28(16)15-22(29)26-14-19-9-11-21(24)27-17(19)2/h3-11,25H,12-15H2,1-2H3,(H2,24,27)(H,26,29). The molecule has 156 valence electrons. The highest BCUT2D eigenvalue weighted by molar-refractivity contribution is 5.76. The molecule has 0 radical (unpaired) electrons. The van der Waals surface area contributed by atoms with E-state index in [1.165, 1.54) is 10.1 Å². The molecule has 0 aliphatic heterocycles. The Morgan fingerprint density at radius 2 is 1.83 bits per heavy atom. The van der Waals surface area contributed by atoms with Crippen LogP contribution in [0.1, 0.15) is 22.5 Å². The van der Waals surface area contributed by atoms with Gasteiger partial charge in [-0.1, -0.05) is 36.4 Å². The smallest absolute Gasteiger partial charge is 0.274 e. The van der Waals surface area contributed by atoms with Crippen molar-refractivity contribution in [3.8, 4) is 0 Å². The molecule has 2 aromatic heterocycles. The molecule has 0 saturated carbocycles. The zero-order valence-electron chi connectivity index (χ0n) is 17.3. The van der Waals surface area contributed by atoms with Gasteiger partial charge in [-0.25, -0.2) is 4.98 Å². The Morgan fingerprint density at radius 1 is 1.07 bits per heavy atom. The van der Waals surface area contributed by atoms with Crippen LogP contribution >= 0.6 is 0 Å². The second-order valence-corrected chi connectivity index (χ2v) is 7.20. The predicted molar refractivity (Wildman–Crippen MR) is 119 cm³/mol. The first-order chi connectivity index (χ1) is 14.4. The van der Waals surface area contributed by atoms with E-state index in [1.54, 1.807) is 12.1 Å². The van der Waals surface area contributed by atoms with E-state index in [2.05, 4.69) is 27.8 Å². The van der Waals surface area contributed by atoms with Gasteiger partial charge >= 0.3 is 0 Å². The Hall–Kier alpha value is -3.61. The number of nitrogen functional groups attached to an aromatic ring is 1. The van der Waals surface area contributed by atoms with E-state index in [-0.39, 0.29) is 18.0 Å². The minimum absolute atomic E-state index is 0.0413. The Bertz CT molecular complexity index is 1080. The molecular formula is C23H27N5O2. The van der Waals surface area contributed by atoms with Crippen molar-refractivity contribution in [1.82, 2.24) is 14.9 Å². The van der Waals surface area contributed by atoms with E-state index in [1.807, 2.05) is 44.2 Å². The van der Waals surface area contributed by atoms with Crippen LogP contribution in [0.2, 0.25) is 0 Å². The second kappa shape index (κ2) is 9.73. The number of hydrogen-bond acceptors (Lipinski definition) is 5. The lowest BCUT2D eigenvalue weighted by molar-refractivity contribution is -0.121. The van der Waals surface area contributed by atoms with Crippen LogP contribution in [-0.4, -0.2) is 22.0 Å². The number of anilines is 2. The Labute approximate surface area is 176 Å². The van der Waals surface area contributed by atoms with Crippen molar-refractivity contribution in [2.75, 3.05) is 17.6 Å². The third kappa shape index (κ3) is 5.47. The molecule has 3 rings (SSSR count). The van der Waals surface area contributed by atoms with Crippen LogP contribution in [0, 0.1) is 13.8 Å². The summed E-state index contributed by atoms with van der Waals surface area (Å²) in [7, 11) is 0. The molecule has 0 bridgehead atoms. The Morgan fingerprint density at radius 3 is 2.57 bits per heavy atom. The first-order valence-corrected chi connectivity index (χ1v) is 9.91. The van der Waals surface area contributed by atoms with Crippen LogP contribution in [0.3, 0.4) is 0 Å². The lowest BCUT2D eigenvalue weighted by atomic mass is 10.1. The first kappa shape index (κ1) is 21.1. The second-order valence-electron chi connectivity index (χ2n) is 7.20. The molecule has 0 aliphatic rings. The molecular weight excluding hydrogens is 378 g/mol. The van der Waals surface area contributed by atoms with Gasteiger partial charge in [0, 0.05) is 24.5 Å². The van der Waals surface area contributed by atoms with Crippen LogP contribution in [0.15, 0.2) is 59.4 Å². The Kier molecular flexibility index (Phi) is 6.85. The van der Waals surface area contributed by atoms with Gasteiger partial charge in [0.1, 0.15) is 18.1 Å². The van der Waals surface area contributed by atoms with Crippen molar-refractivity contribution in [2.24, 2.45) is 0 Å². The highest BCUT2D eigenvalue weighted by atomic mass is 16.2. The van der Waals surface area contributed by atoms with Gasteiger partial charge in [-0.05, 0) is 49.6 Å². The minimum atomic E-state index is -0.238. The van der Waals surface area contributed by atoms with Crippen molar-refractivity contribution in [3.05, 3.63) is 87.5 Å². The molecule has 0 saturated heterocycles. The van der Waals surface area contributed by atoms with E-state index in [0.717, 1.165) is 23.4 Å². The van der Waals surface area contributed by atoms with Gasteiger partial charge in [0.05, 0.1) is 0 Å². The molecule has 0 spiro atoms. The summed E-state index contributed by atoms with van der Waals surface area (Å²) in [5.41, 5.74) is 9.53. The molecule has 3 aromatic rings. The number of aryl methyl sites for hydroxylation is 2. The predicted octanol–water partition coefficient (Wildman–Crippen LogP) is 2.41. The number of rotatable bonds is 8. The fraction of sp³-hybridized carbons (Fsp3) is 0.261. The monoisotopic (exact) mass is 405 g/mol. The maximum Gasteiger partial charge on any atom is 0.274 e.